The van der Waals surface area contributed by atoms with Crippen LogP contribution in [0.25, 0.3) is 10.9 Å². The third kappa shape index (κ3) is 5.56. The lowest BCUT2D eigenvalue weighted by Crippen LogP contribution is -2.39. The summed E-state index contributed by atoms with van der Waals surface area (Å²) in [6.45, 7) is 1.70. The van der Waals surface area contributed by atoms with E-state index in [-0.39, 0.29) is 27.5 Å². The van der Waals surface area contributed by atoms with Gasteiger partial charge in [0, 0.05) is 34.8 Å². The minimum absolute atomic E-state index is 0.0187. The zero-order valence-corrected chi connectivity index (χ0v) is 21.9. The summed E-state index contributed by atoms with van der Waals surface area (Å²) in [5.74, 6) is -0.842. The average molecular weight is 550 g/mol. The van der Waals surface area contributed by atoms with Gasteiger partial charge in [-0.25, -0.2) is 0 Å². The van der Waals surface area contributed by atoms with Crippen molar-refractivity contribution in [3.8, 4) is 5.75 Å². The molecule has 1 aliphatic heterocycles. The zero-order valence-electron chi connectivity index (χ0n) is 21.1. The molecule has 202 valence electrons. The summed E-state index contributed by atoms with van der Waals surface area (Å²) in [7, 11) is -2.67. The Balaban J connectivity index is 1.51. The van der Waals surface area contributed by atoms with Crippen LogP contribution in [-0.4, -0.2) is 59.8 Å². The molecule has 0 spiro atoms. The van der Waals surface area contributed by atoms with E-state index in [1.54, 1.807) is 42.6 Å². The summed E-state index contributed by atoms with van der Waals surface area (Å²) < 4.78 is 27.9. The minimum atomic E-state index is -4.68. The van der Waals surface area contributed by atoms with E-state index in [9.17, 15) is 23.3 Å². The number of rotatable bonds is 8. The smallest absolute Gasteiger partial charge is 0.302 e. The third-order valence-corrected chi connectivity index (χ3v) is 8.19. The van der Waals surface area contributed by atoms with Gasteiger partial charge in [0.25, 0.3) is 15.7 Å². The number of hydrogen-bond donors (Lipinski definition) is 2. The quantitative estimate of drug-likeness (QED) is 0.244. The van der Waals surface area contributed by atoms with Crippen molar-refractivity contribution in [2.45, 2.75) is 23.8 Å². The van der Waals surface area contributed by atoms with E-state index < -0.39 is 31.4 Å². The van der Waals surface area contributed by atoms with E-state index in [0.717, 1.165) is 42.9 Å². The molecule has 0 radical (unpaired) electrons. The molecule has 1 aromatic heterocycles. The molecule has 5 rings (SSSR count). The fraction of sp³-hybridized carbons (Fsp3) is 0.222. The Bertz CT molecular complexity index is 1610. The number of anilines is 1. The second kappa shape index (κ2) is 10.8. The van der Waals surface area contributed by atoms with Crippen LogP contribution in [-0.2, 0) is 10.0 Å². The number of carbonyl (C=O) groups is 1. The van der Waals surface area contributed by atoms with Crippen molar-refractivity contribution >= 4 is 38.2 Å². The summed E-state index contributed by atoms with van der Waals surface area (Å²) in [4.78, 5) is 35.2. The van der Waals surface area contributed by atoms with E-state index in [2.05, 4.69) is 15.2 Å². The van der Waals surface area contributed by atoms with Crippen molar-refractivity contribution < 1.29 is 23.0 Å². The van der Waals surface area contributed by atoms with Crippen LogP contribution in [0, 0.1) is 10.1 Å². The molecule has 11 nitrogen and oxygen atoms in total. The van der Waals surface area contributed by atoms with E-state index >= 15 is 0 Å². The molecule has 2 N–H and O–H groups in total. The summed E-state index contributed by atoms with van der Waals surface area (Å²) in [5, 5.41) is 15.9. The number of benzene rings is 3. The van der Waals surface area contributed by atoms with E-state index in [1.807, 2.05) is 7.05 Å². The van der Waals surface area contributed by atoms with Crippen LogP contribution >= 0.6 is 0 Å². The van der Waals surface area contributed by atoms with Gasteiger partial charge in [-0.2, -0.15) is 8.42 Å². The summed E-state index contributed by atoms with van der Waals surface area (Å²) in [6.07, 6.45) is 3.32. The summed E-state index contributed by atoms with van der Waals surface area (Å²) in [6, 6.07) is 18.0. The first kappa shape index (κ1) is 26.2. The Morgan fingerprint density at radius 1 is 1.08 bits per heavy atom. The van der Waals surface area contributed by atoms with Gasteiger partial charge < -0.3 is 20.0 Å². The highest BCUT2D eigenvalue weighted by Crippen LogP contribution is 2.32. The van der Waals surface area contributed by atoms with Gasteiger partial charge >= 0.3 is 5.91 Å². The molecule has 0 atom stereocenters. The maximum Gasteiger partial charge on any atom is 0.302 e. The first-order valence-corrected chi connectivity index (χ1v) is 13.8. The number of amides is 1. The Hall–Kier alpha value is -4.42. The van der Waals surface area contributed by atoms with Crippen LogP contribution in [0.5, 0.6) is 5.75 Å². The second-order valence-electron chi connectivity index (χ2n) is 9.38. The monoisotopic (exact) mass is 549 g/mol. The number of sulfonamides is 1. The number of nitro groups is 1. The maximum absolute atomic E-state index is 13.8. The molecule has 1 amide bonds. The van der Waals surface area contributed by atoms with Crippen molar-refractivity contribution in [2.24, 2.45) is 0 Å². The topological polar surface area (TPSA) is 138 Å². The highest BCUT2D eigenvalue weighted by molar-refractivity contribution is 7.89. The van der Waals surface area contributed by atoms with Gasteiger partial charge in [0.15, 0.2) is 5.75 Å². The maximum atomic E-state index is 13.8. The first-order chi connectivity index (χ1) is 18.7. The Kier molecular flexibility index (Phi) is 7.22. The molecule has 12 heteroatoms. The van der Waals surface area contributed by atoms with Gasteiger partial charge in [-0.3, -0.25) is 14.9 Å². The number of fused-ring (bicyclic) bond motifs is 1. The van der Waals surface area contributed by atoms with Crippen LogP contribution in [0.1, 0.15) is 23.2 Å². The number of aromatic nitrogens is 1. The highest BCUT2D eigenvalue weighted by Gasteiger charge is 2.35. The number of nitro benzene ring substituents is 1. The van der Waals surface area contributed by atoms with Crippen molar-refractivity contribution in [3.05, 3.63) is 94.7 Å². The highest BCUT2D eigenvalue weighted by atomic mass is 32.2. The van der Waals surface area contributed by atoms with Crippen LogP contribution in [0.2, 0.25) is 0 Å². The van der Waals surface area contributed by atoms with Crippen molar-refractivity contribution in [3.63, 3.8) is 0 Å². The van der Waals surface area contributed by atoms with E-state index in [4.69, 9.17) is 4.84 Å². The fourth-order valence-electron chi connectivity index (χ4n) is 4.48. The SMILES string of the molecule is CN1CCC(Nc2ccc(S(=O)(=O)N(Oc3ccc4[nH]ccc4c3)C(=O)c3ccccc3)cc2[N+](=O)[O-])CC1. The molecule has 1 aliphatic rings. The normalized spacial score (nSPS) is 14.7. The standard InChI is InChI=1S/C27H27N5O6S/c1-30-15-12-21(13-16-30)29-25-10-8-23(18-26(25)31(34)35)39(36,37)32(27(33)19-5-3-2-4-6-19)38-22-7-9-24-20(17-22)11-14-28-24/h2-11,14,17-18,21,28-29H,12-13,15-16H2,1H3. The van der Waals surface area contributed by atoms with Crippen LogP contribution in [0.3, 0.4) is 0 Å². The molecule has 39 heavy (non-hydrogen) atoms. The van der Waals surface area contributed by atoms with E-state index in [1.165, 1.54) is 30.3 Å². The number of aromatic amines is 1. The Morgan fingerprint density at radius 3 is 2.54 bits per heavy atom. The predicted molar refractivity (Wildman–Crippen MR) is 146 cm³/mol. The predicted octanol–water partition coefficient (Wildman–Crippen LogP) is 4.41. The Morgan fingerprint density at radius 2 is 1.82 bits per heavy atom. The molecule has 1 fully saturated rings. The number of H-pyrrole nitrogens is 1. The molecular formula is C27H27N5O6S. The summed E-state index contributed by atoms with van der Waals surface area (Å²) in [5.41, 5.74) is 0.678. The number of piperidine rings is 1. The molecular weight excluding hydrogens is 522 g/mol. The molecule has 0 unspecified atom stereocenters. The molecule has 2 heterocycles. The van der Waals surface area contributed by atoms with Gasteiger partial charge in [0.2, 0.25) is 0 Å². The lowest BCUT2D eigenvalue weighted by atomic mass is 10.1. The molecule has 0 saturated carbocycles. The van der Waals surface area contributed by atoms with Crippen molar-refractivity contribution in [2.75, 3.05) is 25.5 Å². The number of nitrogens with one attached hydrogen (secondary N) is 2. The van der Waals surface area contributed by atoms with Crippen molar-refractivity contribution in [1.82, 2.24) is 14.4 Å². The molecule has 1 saturated heterocycles. The zero-order chi connectivity index (χ0) is 27.6. The van der Waals surface area contributed by atoms with Crippen LogP contribution < -0.4 is 10.2 Å². The number of hydrogen-bond acceptors (Lipinski definition) is 8. The lowest BCUT2D eigenvalue weighted by molar-refractivity contribution is -0.384. The number of hydroxylamine groups is 1. The largest absolute Gasteiger partial charge is 0.377 e. The van der Waals surface area contributed by atoms with Crippen LogP contribution in [0.4, 0.5) is 11.4 Å². The minimum Gasteiger partial charge on any atom is -0.377 e. The number of carbonyl (C=O) groups excluding carboxylic acids is 1. The molecule has 0 aliphatic carbocycles. The number of nitrogens with zero attached hydrogens (tertiary/aromatic N) is 3. The fourth-order valence-corrected chi connectivity index (χ4v) is 5.68. The van der Waals surface area contributed by atoms with E-state index in [0.29, 0.717) is 0 Å². The van der Waals surface area contributed by atoms with Gasteiger partial charge in [0.1, 0.15) is 5.69 Å². The summed E-state index contributed by atoms with van der Waals surface area (Å²) >= 11 is 0. The third-order valence-electron chi connectivity index (χ3n) is 6.66. The molecule has 0 bridgehead atoms. The van der Waals surface area contributed by atoms with Crippen molar-refractivity contribution in [1.29, 1.82) is 0 Å². The average Bonchev–Trinajstić information content (AvgIpc) is 3.41. The second-order valence-corrected chi connectivity index (χ2v) is 11.1. The molecule has 4 aromatic rings. The van der Waals surface area contributed by atoms with Gasteiger partial charge in [0.05, 0.1) is 9.82 Å². The van der Waals surface area contributed by atoms with Gasteiger partial charge in [-0.1, -0.05) is 22.7 Å². The van der Waals surface area contributed by atoms with Gasteiger partial charge in [-0.05, 0) is 81.5 Å². The number of likely N-dealkylation sites (tertiary alicyclic amines) is 1. The lowest BCUT2D eigenvalue weighted by Gasteiger charge is -2.30. The Labute approximate surface area is 225 Å². The first-order valence-electron chi connectivity index (χ1n) is 12.4. The van der Waals surface area contributed by atoms with Gasteiger partial charge in [-0.15, -0.1) is 0 Å². The van der Waals surface area contributed by atoms with Crippen LogP contribution in [0.15, 0.2) is 83.9 Å². The molecule has 3 aromatic carbocycles.